The van der Waals surface area contributed by atoms with Gasteiger partial charge >= 0.3 is 11.9 Å². The largest absolute Gasteiger partial charge is 0.481 e. The first kappa shape index (κ1) is 16.8. The minimum atomic E-state index is -0.946. The number of carboxylic acid groups (broad SMARTS) is 2. The van der Waals surface area contributed by atoms with E-state index in [1.807, 2.05) is 0 Å². The Morgan fingerprint density at radius 2 is 1.39 bits per heavy atom. The van der Waals surface area contributed by atoms with E-state index >= 15 is 0 Å². The molecule has 0 radical (unpaired) electrons. The SMILES string of the molecule is CC(CO)(COCCC(=O)O)COCCC(=O)O. The minimum Gasteiger partial charge on any atom is -0.481 e. The van der Waals surface area contributed by atoms with E-state index in [0.717, 1.165) is 0 Å². The number of ether oxygens (including phenoxy) is 2. The summed E-state index contributed by atoms with van der Waals surface area (Å²) in [5.74, 6) is -1.89. The molecule has 0 amide bonds. The van der Waals surface area contributed by atoms with Crippen LogP contribution in [0.3, 0.4) is 0 Å². The maximum atomic E-state index is 10.3. The molecule has 3 N–H and O–H groups in total. The number of hydrogen-bond acceptors (Lipinski definition) is 5. The van der Waals surface area contributed by atoms with Crippen molar-refractivity contribution in [3.63, 3.8) is 0 Å². The van der Waals surface area contributed by atoms with Crippen LogP contribution in [0.1, 0.15) is 19.8 Å². The third kappa shape index (κ3) is 8.91. The number of carboxylic acids is 2. The molecule has 106 valence electrons. The monoisotopic (exact) mass is 264 g/mol. The van der Waals surface area contributed by atoms with Crippen molar-refractivity contribution in [3.8, 4) is 0 Å². The van der Waals surface area contributed by atoms with E-state index < -0.39 is 17.4 Å². The Morgan fingerprint density at radius 3 is 1.67 bits per heavy atom. The fourth-order valence-corrected chi connectivity index (χ4v) is 1.09. The van der Waals surface area contributed by atoms with Gasteiger partial charge in [0.1, 0.15) is 0 Å². The third-order valence-corrected chi connectivity index (χ3v) is 2.20. The first-order chi connectivity index (χ1) is 8.39. The molecule has 7 nitrogen and oxygen atoms in total. The van der Waals surface area contributed by atoms with E-state index in [4.69, 9.17) is 19.7 Å². The summed E-state index contributed by atoms with van der Waals surface area (Å²) in [6.45, 7) is 1.98. The van der Waals surface area contributed by atoms with Crippen molar-refractivity contribution in [1.29, 1.82) is 0 Å². The molecule has 0 aliphatic carbocycles. The smallest absolute Gasteiger partial charge is 0.305 e. The van der Waals surface area contributed by atoms with E-state index in [-0.39, 0.29) is 45.9 Å². The van der Waals surface area contributed by atoms with Crippen molar-refractivity contribution < 1.29 is 34.4 Å². The second-order valence-corrected chi connectivity index (χ2v) is 4.36. The van der Waals surface area contributed by atoms with E-state index in [2.05, 4.69) is 0 Å². The van der Waals surface area contributed by atoms with Crippen molar-refractivity contribution in [2.45, 2.75) is 19.8 Å². The molecule has 0 unspecified atom stereocenters. The zero-order chi connectivity index (χ0) is 14.0. The predicted octanol–water partition coefficient (Wildman–Crippen LogP) is -0.0324. The summed E-state index contributed by atoms with van der Waals surface area (Å²) in [7, 11) is 0. The summed E-state index contributed by atoms with van der Waals surface area (Å²) in [5, 5.41) is 26.0. The summed E-state index contributed by atoms with van der Waals surface area (Å²) < 4.78 is 10.3. The zero-order valence-electron chi connectivity index (χ0n) is 10.4. The average Bonchev–Trinajstić information content (AvgIpc) is 2.30. The summed E-state index contributed by atoms with van der Waals surface area (Å²) >= 11 is 0. The van der Waals surface area contributed by atoms with Gasteiger partial charge in [-0.2, -0.15) is 0 Å². The standard InChI is InChI=1S/C11H20O7/c1-11(6-12,7-17-4-2-9(13)14)8-18-5-3-10(15)16/h12H,2-8H2,1H3,(H,13,14)(H,15,16). The molecule has 0 fully saturated rings. The van der Waals surface area contributed by atoms with Gasteiger partial charge in [0.15, 0.2) is 0 Å². The van der Waals surface area contributed by atoms with Crippen LogP contribution in [0.4, 0.5) is 0 Å². The lowest BCUT2D eigenvalue weighted by Crippen LogP contribution is -2.33. The number of aliphatic hydroxyl groups is 1. The van der Waals surface area contributed by atoms with Gasteiger partial charge < -0.3 is 24.8 Å². The molecular formula is C11H20O7. The average molecular weight is 264 g/mol. The Kier molecular flexibility index (Phi) is 8.27. The highest BCUT2D eigenvalue weighted by atomic mass is 16.5. The number of aliphatic hydroxyl groups excluding tert-OH is 1. The van der Waals surface area contributed by atoms with Gasteiger partial charge in [-0.15, -0.1) is 0 Å². The highest BCUT2D eigenvalue weighted by Gasteiger charge is 2.24. The highest BCUT2D eigenvalue weighted by molar-refractivity contribution is 5.67. The van der Waals surface area contributed by atoms with Crippen LogP contribution >= 0.6 is 0 Å². The Hall–Kier alpha value is -1.18. The topological polar surface area (TPSA) is 113 Å². The van der Waals surface area contributed by atoms with Gasteiger partial charge in [-0.05, 0) is 0 Å². The fourth-order valence-electron chi connectivity index (χ4n) is 1.09. The molecule has 0 atom stereocenters. The van der Waals surface area contributed by atoms with Crippen LogP contribution in [0.5, 0.6) is 0 Å². The molecule has 0 spiro atoms. The van der Waals surface area contributed by atoms with E-state index in [1.165, 1.54) is 0 Å². The van der Waals surface area contributed by atoms with Crippen LogP contribution in [0.15, 0.2) is 0 Å². The fraction of sp³-hybridized carbons (Fsp3) is 0.818. The number of rotatable bonds is 11. The molecule has 0 heterocycles. The molecule has 0 aromatic carbocycles. The zero-order valence-corrected chi connectivity index (χ0v) is 10.4. The highest BCUT2D eigenvalue weighted by Crippen LogP contribution is 2.16. The Morgan fingerprint density at radius 1 is 1.00 bits per heavy atom. The van der Waals surface area contributed by atoms with Gasteiger partial charge in [0, 0.05) is 5.41 Å². The molecule has 0 aliphatic heterocycles. The summed E-state index contributed by atoms with van der Waals surface area (Å²) in [5.41, 5.74) is -0.656. The van der Waals surface area contributed by atoms with Gasteiger partial charge in [-0.25, -0.2) is 0 Å². The number of hydrogen-bond donors (Lipinski definition) is 3. The van der Waals surface area contributed by atoms with Crippen LogP contribution in [-0.2, 0) is 19.1 Å². The van der Waals surface area contributed by atoms with Crippen LogP contribution < -0.4 is 0 Å². The molecule has 0 bridgehead atoms. The van der Waals surface area contributed by atoms with Gasteiger partial charge in [-0.3, -0.25) is 9.59 Å². The van der Waals surface area contributed by atoms with Crippen molar-refractivity contribution in [2.24, 2.45) is 5.41 Å². The Bertz CT molecular complexity index is 242. The normalized spacial score (nSPS) is 11.4. The molecule has 0 aliphatic rings. The van der Waals surface area contributed by atoms with E-state index in [9.17, 15) is 14.7 Å². The maximum absolute atomic E-state index is 10.3. The second kappa shape index (κ2) is 8.84. The lowest BCUT2D eigenvalue weighted by Gasteiger charge is -2.26. The quantitative estimate of drug-likeness (QED) is 0.449. The first-order valence-corrected chi connectivity index (χ1v) is 5.59. The lowest BCUT2D eigenvalue weighted by molar-refractivity contribution is -0.139. The van der Waals surface area contributed by atoms with Crippen LogP contribution in [0.25, 0.3) is 0 Å². The van der Waals surface area contributed by atoms with E-state index in [0.29, 0.717) is 0 Å². The predicted molar refractivity (Wildman–Crippen MR) is 61.3 cm³/mol. The van der Waals surface area contributed by atoms with Gasteiger partial charge in [-0.1, -0.05) is 6.92 Å². The summed E-state index contributed by atoms with van der Waals surface area (Å²) in [6.07, 6.45) is -0.192. The molecule has 0 saturated heterocycles. The molecule has 0 rings (SSSR count). The molecule has 0 saturated carbocycles. The van der Waals surface area contributed by atoms with Crippen LogP contribution in [0.2, 0.25) is 0 Å². The molecular weight excluding hydrogens is 244 g/mol. The van der Waals surface area contributed by atoms with Crippen molar-refractivity contribution >= 4 is 11.9 Å². The lowest BCUT2D eigenvalue weighted by atomic mass is 9.94. The number of carbonyl (C=O) groups is 2. The van der Waals surface area contributed by atoms with E-state index in [1.54, 1.807) is 6.92 Å². The van der Waals surface area contributed by atoms with Crippen molar-refractivity contribution in [2.75, 3.05) is 33.0 Å². The molecule has 18 heavy (non-hydrogen) atoms. The summed E-state index contributed by atoms with van der Waals surface area (Å²) in [4.78, 5) is 20.5. The summed E-state index contributed by atoms with van der Waals surface area (Å²) in [6, 6.07) is 0. The Balaban J connectivity index is 3.80. The van der Waals surface area contributed by atoms with Crippen LogP contribution in [0, 0.1) is 5.41 Å². The molecule has 0 aromatic heterocycles. The molecule has 0 aromatic rings. The van der Waals surface area contributed by atoms with Crippen molar-refractivity contribution in [1.82, 2.24) is 0 Å². The van der Waals surface area contributed by atoms with Crippen LogP contribution in [-0.4, -0.2) is 60.3 Å². The third-order valence-electron chi connectivity index (χ3n) is 2.20. The minimum absolute atomic E-state index is 0.0695. The van der Waals surface area contributed by atoms with Crippen molar-refractivity contribution in [3.05, 3.63) is 0 Å². The van der Waals surface area contributed by atoms with Gasteiger partial charge in [0.05, 0.1) is 45.9 Å². The second-order valence-electron chi connectivity index (χ2n) is 4.36. The Labute approximate surface area is 105 Å². The maximum Gasteiger partial charge on any atom is 0.305 e. The number of aliphatic carboxylic acids is 2. The first-order valence-electron chi connectivity index (χ1n) is 5.59. The molecule has 7 heteroatoms. The van der Waals surface area contributed by atoms with Gasteiger partial charge in [0.2, 0.25) is 0 Å². The van der Waals surface area contributed by atoms with Gasteiger partial charge in [0.25, 0.3) is 0 Å².